The normalized spacial score (nSPS) is 25.4. The SMILES string of the molecule is CC[C@H]1CN2CCC1C[C@@H]2C(Oc1nc(-c2ccccc2)nc(O[C@@H](c2ccnc3ccc(OC)cc23)[C@H]2C[C@H]3CCN2C[C@H]3CC)c1-c1ccccc1)c1ccnc2ccc(OC)cc12. The standard InChI is InChI=1S/C56H60N6O4/c1-5-35-33-61-27-23-39(35)29-49(61)52(43-21-25-57-47-19-17-41(63-3)31-45(43)47)65-55-51(37-13-9-7-10-14-37)56(60-54(59-55)38-15-11-8-12-16-38)66-53(50-30-40-24-28-62(50)34-36(40)6-2)44-22-26-58-48-20-18-42(64-4)32-46(44)48/h7-22,25-26,31-32,35-36,39-40,49-50,52-53H,5-6,23-24,27-30,33-34H2,1-4H3/t35-,36+,39-,40?,49-,50-,52+,53?/m1/s1. The first-order chi connectivity index (χ1) is 32.5. The number of fused-ring (bicyclic) bond motifs is 8. The summed E-state index contributed by atoms with van der Waals surface area (Å²) in [7, 11) is 3.44. The molecule has 3 aromatic heterocycles. The molecule has 0 spiro atoms. The van der Waals surface area contributed by atoms with Gasteiger partial charge in [-0.15, -0.1) is 0 Å². The molecule has 10 nitrogen and oxygen atoms in total. The molecule has 0 amide bonds. The van der Waals surface area contributed by atoms with E-state index < -0.39 is 12.2 Å². The summed E-state index contributed by atoms with van der Waals surface area (Å²) in [6, 6.07) is 37.4. The van der Waals surface area contributed by atoms with Gasteiger partial charge in [-0.2, -0.15) is 9.97 Å². The molecule has 7 aromatic rings. The molecule has 6 aliphatic rings. The van der Waals surface area contributed by atoms with Crippen LogP contribution in [0.4, 0.5) is 0 Å². The molecule has 6 fully saturated rings. The monoisotopic (exact) mass is 880 g/mol. The molecule has 0 aliphatic carbocycles. The number of hydrogen-bond donors (Lipinski definition) is 0. The van der Waals surface area contributed by atoms with E-state index in [1.54, 1.807) is 14.2 Å². The predicted molar refractivity (Wildman–Crippen MR) is 260 cm³/mol. The van der Waals surface area contributed by atoms with Crippen LogP contribution in [0.2, 0.25) is 0 Å². The number of benzene rings is 4. The Morgan fingerprint density at radius 3 is 1.47 bits per heavy atom. The molecule has 6 saturated heterocycles. The average molecular weight is 881 g/mol. The number of rotatable bonds is 14. The summed E-state index contributed by atoms with van der Waals surface area (Å²) < 4.78 is 27.2. The van der Waals surface area contributed by atoms with Crippen molar-refractivity contribution in [1.82, 2.24) is 29.7 Å². The zero-order valence-electron chi connectivity index (χ0n) is 38.6. The topological polar surface area (TPSA) is 95.0 Å². The minimum absolute atomic E-state index is 0.106. The molecule has 10 atom stereocenters. The third kappa shape index (κ3) is 7.91. The minimum atomic E-state index is -0.393. The highest BCUT2D eigenvalue weighted by molar-refractivity contribution is 5.85. The Morgan fingerprint density at radius 1 is 0.576 bits per heavy atom. The van der Waals surface area contributed by atoms with E-state index in [2.05, 4.69) is 90.4 Å². The zero-order chi connectivity index (χ0) is 44.7. The highest BCUT2D eigenvalue weighted by Crippen LogP contribution is 2.50. The van der Waals surface area contributed by atoms with E-state index in [0.29, 0.717) is 41.3 Å². The number of hydrogen-bond acceptors (Lipinski definition) is 10. The van der Waals surface area contributed by atoms with Gasteiger partial charge in [-0.1, -0.05) is 87.4 Å². The molecule has 4 aromatic carbocycles. The van der Waals surface area contributed by atoms with E-state index in [1.165, 1.54) is 25.7 Å². The van der Waals surface area contributed by atoms with Crippen molar-refractivity contribution in [2.24, 2.45) is 23.7 Å². The van der Waals surface area contributed by atoms with Crippen molar-refractivity contribution in [3.63, 3.8) is 0 Å². The van der Waals surface area contributed by atoms with E-state index in [-0.39, 0.29) is 12.1 Å². The second kappa shape index (κ2) is 18.3. The quantitative estimate of drug-likeness (QED) is 0.105. The van der Waals surface area contributed by atoms with Gasteiger partial charge in [-0.25, -0.2) is 0 Å². The lowest BCUT2D eigenvalue weighted by Gasteiger charge is -2.52. The van der Waals surface area contributed by atoms with Gasteiger partial charge < -0.3 is 18.9 Å². The molecule has 13 rings (SSSR count). The minimum Gasteiger partial charge on any atom is -0.497 e. The van der Waals surface area contributed by atoms with Gasteiger partial charge in [0.15, 0.2) is 5.82 Å². The van der Waals surface area contributed by atoms with Crippen molar-refractivity contribution in [2.75, 3.05) is 40.4 Å². The van der Waals surface area contributed by atoms with E-state index in [4.69, 9.17) is 38.9 Å². The number of nitrogens with zero attached hydrogens (tertiary/aromatic N) is 6. The number of ether oxygens (including phenoxy) is 4. The molecule has 10 heteroatoms. The summed E-state index contributed by atoms with van der Waals surface area (Å²) in [4.78, 5) is 26.0. The molecule has 9 heterocycles. The Labute approximate surface area is 388 Å². The van der Waals surface area contributed by atoms with Gasteiger partial charge in [0.2, 0.25) is 11.8 Å². The predicted octanol–water partition coefficient (Wildman–Crippen LogP) is 11.4. The van der Waals surface area contributed by atoms with Crippen LogP contribution >= 0.6 is 0 Å². The van der Waals surface area contributed by atoms with Gasteiger partial charge in [0.25, 0.3) is 0 Å². The van der Waals surface area contributed by atoms with Crippen LogP contribution < -0.4 is 18.9 Å². The highest BCUT2D eigenvalue weighted by atomic mass is 16.5. The van der Waals surface area contributed by atoms with Crippen molar-refractivity contribution in [3.8, 4) is 45.8 Å². The maximum Gasteiger partial charge on any atom is 0.229 e. The second-order valence-corrected chi connectivity index (χ2v) is 18.9. The molecule has 0 N–H and O–H groups in total. The number of methoxy groups -OCH3 is 2. The Morgan fingerprint density at radius 2 is 1.05 bits per heavy atom. The smallest absolute Gasteiger partial charge is 0.229 e. The van der Waals surface area contributed by atoms with Gasteiger partial charge in [0.05, 0.1) is 37.3 Å². The third-order valence-electron chi connectivity index (χ3n) is 15.6. The third-order valence-corrected chi connectivity index (χ3v) is 15.6. The molecule has 4 unspecified atom stereocenters. The molecule has 338 valence electrons. The Hall–Kier alpha value is -6.10. The Bertz CT molecular complexity index is 2680. The molecule has 6 aliphatic heterocycles. The molecule has 66 heavy (non-hydrogen) atoms. The van der Waals surface area contributed by atoms with Crippen LogP contribution in [-0.4, -0.2) is 82.2 Å². The van der Waals surface area contributed by atoms with Crippen molar-refractivity contribution in [2.45, 2.75) is 76.7 Å². The van der Waals surface area contributed by atoms with E-state index in [0.717, 1.165) is 100 Å². The van der Waals surface area contributed by atoms with Crippen LogP contribution in [0.1, 0.15) is 75.7 Å². The maximum atomic E-state index is 7.76. The van der Waals surface area contributed by atoms with Gasteiger partial charge in [-0.3, -0.25) is 19.8 Å². The second-order valence-electron chi connectivity index (χ2n) is 18.9. The summed E-state index contributed by atoms with van der Waals surface area (Å²) in [5.74, 6) is 5.70. The van der Waals surface area contributed by atoms with Gasteiger partial charge in [-0.05, 0) is 117 Å². The van der Waals surface area contributed by atoms with E-state index >= 15 is 0 Å². The molecular weight excluding hydrogens is 821 g/mol. The van der Waals surface area contributed by atoms with Crippen LogP contribution in [0.5, 0.6) is 23.3 Å². The number of aromatic nitrogens is 4. The summed E-state index contributed by atoms with van der Waals surface area (Å²) in [5.41, 5.74) is 6.48. The van der Waals surface area contributed by atoms with Gasteiger partial charge in [0.1, 0.15) is 29.3 Å². The lowest BCUT2D eigenvalue weighted by molar-refractivity contribution is -0.0510. The molecule has 0 saturated carbocycles. The first-order valence-corrected chi connectivity index (χ1v) is 24.2. The van der Waals surface area contributed by atoms with Crippen LogP contribution in [-0.2, 0) is 0 Å². The van der Waals surface area contributed by atoms with Crippen molar-refractivity contribution >= 4 is 21.8 Å². The number of piperidine rings is 6. The van der Waals surface area contributed by atoms with Gasteiger partial charge >= 0.3 is 0 Å². The summed E-state index contributed by atoms with van der Waals surface area (Å²) in [6.07, 6.45) is 9.90. The largest absolute Gasteiger partial charge is 0.497 e. The fraction of sp³-hybridized carbons (Fsp3) is 0.393. The Balaban J connectivity index is 1.13. The van der Waals surface area contributed by atoms with Crippen LogP contribution in [0.25, 0.3) is 44.3 Å². The Kier molecular flexibility index (Phi) is 11.8. The number of pyridine rings is 2. The molecule has 4 bridgehead atoms. The molecular formula is C56H60N6O4. The van der Waals surface area contributed by atoms with Gasteiger partial charge in [0, 0.05) is 52.9 Å². The van der Waals surface area contributed by atoms with Crippen LogP contribution in [0, 0.1) is 23.7 Å². The summed E-state index contributed by atoms with van der Waals surface area (Å²) in [5, 5.41) is 2.02. The summed E-state index contributed by atoms with van der Waals surface area (Å²) >= 11 is 0. The first kappa shape index (κ1) is 42.5. The average Bonchev–Trinajstić information content (AvgIpc) is 3.39. The van der Waals surface area contributed by atoms with Crippen LogP contribution in [0.15, 0.2) is 122 Å². The maximum absolute atomic E-state index is 7.76. The first-order valence-electron chi connectivity index (χ1n) is 24.2. The lowest BCUT2D eigenvalue weighted by Crippen LogP contribution is -2.56. The van der Waals surface area contributed by atoms with E-state index in [1.807, 2.05) is 54.9 Å². The van der Waals surface area contributed by atoms with Crippen molar-refractivity contribution in [3.05, 3.63) is 133 Å². The summed E-state index contributed by atoms with van der Waals surface area (Å²) in [6.45, 7) is 8.88. The van der Waals surface area contributed by atoms with Crippen molar-refractivity contribution in [1.29, 1.82) is 0 Å². The van der Waals surface area contributed by atoms with E-state index in [9.17, 15) is 0 Å². The fourth-order valence-electron chi connectivity index (χ4n) is 12.1. The molecule has 0 radical (unpaired) electrons. The zero-order valence-corrected chi connectivity index (χ0v) is 38.6. The lowest BCUT2D eigenvalue weighted by atomic mass is 9.72. The highest BCUT2D eigenvalue weighted by Gasteiger charge is 2.47. The van der Waals surface area contributed by atoms with Crippen LogP contribution in [0.3, 0.4) is 0 Å². The van der Waals surface area contributed by atoms with Crippen molar-refractivity contribution < 1.29 is 18.9 Å². The fourth-order valence-corrected chi connectivity index (χ4v) is 12.1.